The highest BCUT2D eigenvalue weighted by Gasteiger charge is 2.44. The Morgan fingerprint density at radius 2 is 1.71 bits per heavy atom. The molecular formula is C15H30O2. The molecule has 1 rings (SSSR count). The Bertz CT molecular complexity index is 207. The maximum absolute atomic E-state index is 5.59. The predicted octanol–water partition coefficient (Wildman–Crippen LogP) is 4.24. The first-order valence-electron chi connectivity index (χ1n) is 7.22. The van der Waals surface area contributed by atoms with Crippen LogP contribution >= 0.6 is 0 Å². The van der Waals surface area contributed by atoms with Crippen molar-refractivity contribution in [2.45, 2.75) is 66.6 Å². The fourth-order valence-electron chi connectivity index (χ4n) is 2.56. The fourth-order valence-corrected chi connectivity index (χ4v) is 2.56. The van der Waals surface area contributed by atoms with Crippen molar-refractivity contribution in [1.29, 1.82) is 0 Å². The van der Waals surface area contributed by atoms with Crippen LogP contribution in [0.25, 0.3) is 0 Å². The second-order valence-corrected chi connectivity index (χ2v) is 6.15. The van der Waals surface area contributed by atoms with E-state index in [4.69, 9.17) is 9.47 Å². The molecule has 0 heterocycles. The van der Waals surface area contributed by atoms with E-state index in [1.54, 1.807) is 0 Å². The van der Waals surface area contributed by atoms with Crippen LogP contribution in [-0.2, 0) is 9.47 Å². The largest absolute Gasteiger partial charge is 0.353 e. The number of rotatable bonds is 9. The van der Waals surface area contributed by atoms with Gasteiger partial charge in [0.15, 0.2) is 6.29 Å². The monoisotopic (exact) mass is 242 g/mol. The van der Waals surface area contributed by atoms with Crippen LogP contribution in [0, 0.1) is 17.3 Å². The minimum absolute atomic E-state index is 0.00668. The molecule has 0 saturated heterocycles. The van der Waals surface area contributed by atoms with Crippen LogP contribution in [0.5, 0.6) is 0 Å². The minimum atomic E-state index is 0.00668. The summed E-state index contributed by atoms with van der Waals surface area (Å²) < 4.78 is 11.2. The van der Waals surface area contributed by atoms with E-state index in [1.165, 1.54) is 19.3 Å². The van der Waals surface area contributed by atoms with E-state index in [1.807, 2.05) is 13.8 Å². The lowest BCUT2D eigenvalue weighted by atomic mass is 9.97. The van der Waals surface area contributed by atoms with Crippen molar-refractivity contribution in [1.82, 2.24) is 0 Å². The Kier molecular flexibility index (Phi) is 5.94. The summed E-state index contributed by atoms with van der Waals surface area (Å²) >= 11 is 0. The van der Waals surface area contributed by atoms with Gasteiger partial charge in [0.2, 0.25) is 0 Å². The summed E-state index contributed by atoms with van der Waals surface area (Å²) in [6, 6.07) is 0. The van der Waals surface area contributed by atoms with Gasteiger partial charge in [-0.1, -0.05) is 27.2 Å². The Labute approximate surface area is 107 Å². The third-order valence-electron chi connectivity index (χ3n) is 4.03. The van der Waals surface area contributed by atoms with Gasteiger partial charge in [0.1, 0.15) is 0 Å². The SMILES string of the molecule is CCOC(CC(C)CCC1CC1(C)C)OCC. The van der Waals surface area contributed by atoms with Crippen LogP contribution in [0.3, 0.4) is 0 Å². The van der Waals surface area contributed by atoms with E-state index < -0.39 is 0 Å². The summed E-state index contributed by atoms with van der Waals surface area (Å²) in [5.74, 6) is 1.66. The van der Waals surface area contributed by atoms with Crippen LogP contribution in [0.1, 0.15) is 60.3 Å². The van der Waals surface area contributed by atoms with E-state index in [9.17, 15) is 0 Å². The van der Waals surface area contributed by atoms with Crippen molar-refractivity contribution in [2.75, 3.05) is 13.2 Å². The highest BCUT2D eigenvalue weighted by atomic mass is 16.7. The molecule has 0 amide bonds. The molecule has 2 atom stereocenters. The van der Waals surface area contributed by atoms with Crippen molar-refractivity contribution in [3.63, 3.8) is 0 Å². The van der Waals surface area contributed by atoms with Crippen LogP contribution in [0.2, 0.25) is 0 Å². The van der Waals surface area contributed by atoms with Gasteiger partial charge in [-0.2, -0.15) is 0 Å². The standard InChI is InChI=1S/C15H30O2/c1-6-16-14(17-7-2)10-12(3)8-9-13-11-15(13,4)5/h12-14H,6-11H2,1-5H3. The summed E-state index contributed by atoms with van der Waals surface area (Å²) in [5.41, 5.74) is 0.624. The molecule has 1 fully saturated rings. The summed E-state index contributed by atoms with van der Waals surface area (Å²) in [6.45, 7) is 12.6. The first-order valence-corrected chi connectivity index (χ1v) is 7.22. The van der Waals surface area contributed by atoms with Gasteiger partial charge < -0.3 is 9.47 Å². The molecule has 0 aromatic rings. The molecule has 0 aromatic heterocycles. The number of hydrogen-bond donors (Lipinski definition) is 0. The summed E-state index contributed by atoms with van der Waals surface area (Å²) in [5, 5.41) is 0. The molecule has 1 aliphatic carbocycles. The maximum atomic E-state index is 5.59. The van der Waals surface area contributed by atoms with Gasteiger partial charge in [-0.3, -0.25) is 0 Å². The average Bonchev–Trinajstić information content (AvgIpc) is 2.84. The lowest BCUT2D eigenvalue weighted by Gasteiger charge is -2.21. The first kappa shape index (κ1) is 15.0. The van der Waals surface area contributed by atoms with Gasteiger partial charge in [-0.25, -0.2) is 0 Å². The van der Waals surface area contributed by atoms with Crippen LogP contribution < -0.4 is 0 Å². The van der Waals surface area contributed by atoms with Crippen molar-refractivity contribution >= 4 is 0 Å². The Hall–Kier alpha value is -0.0800. The molecule has 17 heavy (non-hydrogen) atoms. The van der Waals surface area contributed by atoms with Gasteiger partial charge in [0, 0.05) is 19.6 Å². The number of hydrogen-bond acceptors (Lipinski definition) is 2. The summed E-state index contributed by atoms with van der Waals surface area (Å²) in [7, 11) is 0. The molecule has 0 aromatic carbocycles. The van der Waals surface area contributed by atoms with Crippen LogP contribution in [0.15, 0.2) is 0 Å². The van der Waals surface area contributed by atoms with Gasteiger partial charge in [-0.05, 0) is 43.9 Å². The van der Waals surface area contributed by atoms with E-state index in [-0.39, 0.29) is 6.29 Å². The first-order chi connectivity index (χ1) is 7.99. The molecule has 1 saturated carbocycles. The highest BCUT2D eigenvalue weighted by Crippen LogP contribution is 2.54. The summed E-state index contributed by atoms with van der Waals surface area (Å²) in [4.78, 5) is 0. The maximum Gasteiger partial charge on any atom is 0.157 e. The zero-order chi connectivity index (χ0) is 12.9. The molecule has 0 N–H and O–H groups in total. The Morgan fingerprint density at radius 1 is 1.18 bits per heavy atom. The Balaban J connectivity index is 2.15. The van der Waals surface area contributed by atoms with E-state index in [0.29, 0.717) is 11.3 Å². The second-order valence-electron chi connectivity index (χ2n) is 6.15. The molecule has 0 aliphatic heterocycles. The van der Waals surface area contributed by atoms with E-state index >= 15 is 0 Å². The lowest BCUT2D eigenvalue weighted by Crippen LogP contribution is -2.20. The average molecular weight is 242 g/mol. The zero-order valence-electron chi connectivity index (χ0n) is 12.3. The molecule has 0 radical (unpaired) electrons. The molecule has 0 spiro atoms. The predicted molar refractivity (Wildman–Crippen MR) is 71.9 cm³/mol. The molecule has 102 valence electrons. The van der Waals surface area contributed by atoms with Gasteiger partial charge in [0.25, 0.3) is 0 Å². The molecule has 2 heteroatoms. The highest BCUT2D eigenvalue weighted by molar-refractivity contribution is 4.94. The van der Waals surface area contributed by atoms with Gasteiger partial charge in [-0.15, -0.1) is 0 Å². The lowest BCUT2D eigenvalue weighted by molar-refractivity contribution is -0.145. The minimum Gasteiger partial charge on any atom is -0.353 e. The topological polar surface area (TPSA) is 18.5 Å². The smallest absolute Gasteiger partial charge is 0.157 e. The quantitative estimate of drug-likeness (QED) is 0.563. The summed E-state index contributed by atoms with van der Waals surface area (Å²) in [6.07, 6.45) is 5.14. The van der Waals surface area contributed by atoms with Crippen LogP contribution in [0.4, 0.5) is 0 Å². The van der Waals surface area contributed by atoms with Gasteiger partial charge in [0.05, 0.1) is 0 Å². The Morgan fingerprint density at radius 3 is 2.12 bits per heavy atom. The van der Waals surface area contributed by atoms with Crippen molar-refractivity contribution in [3.8, 4) is 0 Å². The normalized spacial score (nSPS) is 24.0. The third-order valence-corrected chi connectivity index (χ3v) is 4.03. The van der Waals surface area contributed by atoms with Crippen molar-refractivity contribution in [2.24, 2.45) is 17.3 Å². The molecule has 1 aliphatic rings. The molecular weight excluding hydrogens is 212 g/mol. The number of ether oxygens (including phenoxy) is 2. The molecule has 2 unspecified atom stereocenters. The second kappa shape index (κ2) is 6.75. The fraction of sp³-hybridized carbons (Fsp3) is 1.00. The molecule has 2 nitrogen and oxygen atoms in total. The van der Waals surface area contributed by atoms with E-state index in [2.05, 4.69) is 20.8 Å². The zero-order valence-corrected chi connectivity index (χ0v) is 12.3. The molecule has 0 bridgehead atoms. The van der Waals surface area contributed by atoms with Gasteiger partial charge >= 0.3 is 0 Å². The van der Waals surface area contributed by atoms with Crippen molar-refractivity contribution in [3.05, 3.63) is 0 Å². The van der Waals surface area contributed by atoms with Crippen molar-refractivity contribution < 1.29 is 9.47 Å². The van der Waals surface area contributed by atoms with Crippen LogP contribution in [-0.4, -0.2) is 19.5 Å². The van der Waals surface area contributed by atoms with E-state index in [0.717, 1.165) is 25.6 Å². The third kappa shape index (κ3) is 5.39.